The van der Waals surface area contributed by atoms with Crippen LogP contribution in [0.3, 0.4) is 0 Å². The second-order valence-corrected chi connectivity index (χ2v) is 4.16. The first-order valence-corrected chi connectivity index (χ1v) is 5.95. The zero-order chi connectivity index (χ0) is 10.7. The van der Waals surface area contributed by atoms with Gasteiger partial charge in [-0.15, -0.1) is 0 Å². The van der Waals surface area contributed by atoms with E-state index in [1.165, 1.54) is 18.5 Å². The predicted molar refractivity (Wildman–Crippen MR) is 62.2 cm³/mol. The Morgan fingerprint density at radius 2 is 2.13 bits per heavy atom. The van der Waals surface area contributed by atoms with Gasteiger partial charge in [0.25, 0.3) is 0 Å². The molecule has 1 fully saturated rings. The third kappa shape index (κ3) is 2.67. The Morgan fingerprint density at radius 1 is 1.33 bits per heavy atom. The molecule has 1 N–H and O–H groups in total. The first-order chi connectivity index (χ1) is 7.33. The van der Waals surface area contributed by atoms with Crippen LogP contribution in [-0.2, 0) is 6.42 Å². The van der Waals surface area contributed by atoms with E-state index in [0.717, 1.165) is 31.0 Å². The van der Waals surface area contributed by atoms with Crippen LogP contribution in [0.1, 0.15) is 50.5 Å². The van der Waals surface area contributed by atoms with Crippen LogP contribution in [0.4, 0.5) is 5.82 Å². The summed E-state index contributed by atoms with van der Waals surface area (Å²) in [6.45, 7) is 5.21. The van der Waals surface area contributed by atoms with E-state index in [4.69, 9.17) is 0 Å². The zero-order valence-corrected chi connectivity index (χ0v) is 9.58. The van der Waals surface area contributed by atoms with Crippen molar-refractivity contribution in [2.75, 3.05) is 11.9 Å². The number of hydrogen-bond acceptors (Lipinski definition) is 3. The highest BCUT2D eigenvalue weighted by atomic mass is 15.0. The number of aryl methyl sites for hydroxylation is 1. The molecule has 1 saturated carbocycles. The number of hydrogen-bond donors (Lipinski definition) is 1. The quantitative estimate of drug-likeness (QED) is 0.803. The average Bonchev–Trinajstić information content (AvgIpc) is 3.01. The zero-order valence-electron chi connectivity index (χ0n) is 9.58. The van der Waals surface area contributed by atoms with Crippen LogP contribution in [0.15, 0.2) is 6.07 Å². The highest BCUT2D eigenvalue weighted by Gasteiger charge is 2.27. The number of anilines is 1. The first kappa shape index (κ1) is 10.4. The Hall–Kier alpha value is -1.12. The summed E-state index contributed by atoms with van der Waals surface area (Å²) < 4.78 is 0. The molecule has 0 radical (unpaired) electrons. The molecule has 1 aliphatic rings. The Bertz CT molecular complexity index is 307. The van der Waals surface area contributed by atoms with Crippen LogP contribution in [0.5, 0.6) is 0 Å². The van der Waals surface area contributed by atoms with Crippen molar-refractivity contribution in [2.24, 2.45) is 0 Å². The SMILES string of the molecule is CCCc1cc(NCC)nc(C2CC2)n1. The summed E-state index contributed by atoms with van der Waals surface area (Å²) in [5.74, 6) is 2.69. The van der Waals surface area contributed by atoms with Gasteiger partial charge in [-0.2, -0.15) is 0 Å². The van der Waals surface area contributed by atoms with Crippen molar-refractivity contribution >= 4 is 5.82 Å². The number of nitrogens with zero attached hydrogens (tertiary/aromatic N) is 2. The van der Waals surface area contributed by atoms with Crippen molar-refractivity contribution in [2.45, 2.75) is 45.4 Å². The van der Waals surface area contributed by atoms with Crippen LogP contribution < -0.4 is 5.32 Å². The van der Waals surface area contributed by atoms with Crippen molar-refractivity contribution in [3.8, 4) is 0 Å². The molecule has 1 aliphatic carbocycles. The molecule has 2 rings (SSSR count). The van der Waals surface area contributed by atoms with Crippen molar-refractivity contribution in [3.05, 3.63) is 17.6 Å². The van der Waals surface area contributed by atoms with Crippen molar-refractivity contribution in [1.29, 1.82) is 0 Å². The van der Waals surface area contributed by atoms with Crippen LogP contribution in [-0.4, -0.2) is 16.5 Å². The van der Waals surface area contributed by atoms with Gasteiger partial charge in [0.1, 0.15) is 11.6 Å². The van der Waals surface area contributed by atoms with E-state index in [1.807, 2.05) is 0 Å². The molecule has 3 heteroatoms. The molecule has 3 nitrogen and oxygen atoms in total. The lowest BCUT2D eigenvalue weighted by Crippen LogP contribution is -2.05. The highest BCUT2D eigenvalue weighted by molar-refractivity contribution is 5.37. The maximum Gasteiger partial charge on any atom is 0.134 e. The lowest BCUT2D eigenvalue weighted by atomic mass is 10.2. The van der Waals surface area contributed by atoms with Gasteiger partial charge in [0.2, 0.25) is 0 Å². The molecule has 0 aliphatic heterocycles. The van der Waals surface area contributed by atoms with Crippen LogP contribution >= 0.6 is 0 Å². The number of nitrogens with one attached hydrogen (secondary N) is 1. The minimum Gasteiger partial charge on any atom is -0.370 e. The summed E-state index contributed by atoms with van der Waals surface area (Å²) in [4.78, 5) is 9.16. The molecule has 0 unspecified atom stereocenters. The van der Waals surface area contributed by atoms with Crippen molar-refractivity contribution < 1.29 is 0 Å². The van der Waals surface area contributed by atoms with Gasteiger partial charge in [-0.1, -0.05) is 13.3 Å². The third-order valence-corrected chi connectivity index (χ3v) is 2.60. The highest BCUT2D eigenvalue weighted by Crippen LogP contribution is 2.38. The lowest BCUT2D eigenvalue weighted by molar-refractivity contribution is 0.829. The molecule has 15 heavy (non-hydrogen) atoms. The summed E-state index contributed by atoms with van der Waals surface area (Å²) in [5.41, 5.74) is 1.19. The smallest absolute Gasteiger partial charge is 0.134 e. The minimum atomic E-state index is 0.638. The van der Waals surface area contributed by atoms with Gasteiger partial charge >= 0.3 is 0 Å². The van der Waals surface area contributed by atoms with Gasteiger partial charge < -0.3 is 5.32 Å². The molecule has 0 atom stereocenters. The Kier molecular flexibility index (Phi) is 3.19. The topological polar surface area (TPSA) is 37.8 Å². The Morgan fingerprint density at radius 3 is 2.73 bits per heavy atom. The molecule has 1 heterocycles. The Balaban J connectivity index is 2.21. The van der Waals surface area contributed by atoms with Crippen molar-refractivity contribution in [3.63, 3.8) is 0 Å². The normalized spacial score (nSPS) is 15.3. The molecular formula is C12H19N3. The summed E-state index contributed by atoms with van der Waals surface area (Å²) in [6.07, 6.45) is 4.73. The van der Waals surface area contributed by atoms with Crippen LogP contribution in [0.25, 0.3) is 0 Å². The molecule has 0 aromatic carbocycles. The fourth-order valence-electron chi connectivity index (χ4n) is 1.70. The fraction of sp³-hybridized carbons (Fsp3) is 0.667. The second kappa shape index (κ2) is 4.60. The summed E-state index contributed by atoms with van der Waals surface area (Å²) >= 11 is 0. The third-order valence-electron chi connectivity index (χ3n) is 2.60. The van der Waals surface area contributed by atoms with E-state index >= 15 is 0 Å². The second-order valence-electron chi connectivity index (χ2n) is 4.16. The van der Waals surface area contributed by atoms with Crippen molar-refractivity contribution in [1.82, 2.24) is 9.97 Å². The van der Waals surface area contributed by atoms with Gasteiger partial charge in [-0.05, 0) is 26.2 Å². The molecule has 0 amide bonds. The van der Waals surface area contributed by atoms with E-state index in [0.29, 0.717) is 5.92 Å². The average molecular weight is 205 g/mol. The molecule has 0 saturated heterocycles. The number of aromatic nitrogens is 2. The van der Waals surface area contributed by atoms with Gasteiger partial charge in [-0.25, -0.2) is 9.97 Å². The standard InChI is InChI=1S/C12H19N3/c1-3-5-10-8-11(13-4-2)15-12(14-10)9-6-7-9/h8-9H,3-7H2,1-2H3,(H,13,14,15). The van der Waals surface area contributed by atoms with Gasteiger partial charge in [0, 0.05) is 24.2 Å². The molecule has 82 valence electrons. The maximum atomic E-state index is 4.62. The van der Waals surface area contributed by atoms with E-state index in [2.05, 4.69) is 35.2 Å². The van der Waals surface area contributed by atoms with E-state index < -0.39 is 0 Å². The summed E-state index contributed by atoms with van der Waals surface area (Å²) in [5, 5.41) is 3.28. The van der Waals surface area contributed by atoms with E-state index in [9.17, 15) is 0 Å². The van der Waals surface area contributed by atoms with E-state index in [1.54, 1.807) is 0 Å². The van der Waals surface area contributed by atoms with Gasteiger partial charge in [0.15, 0.2) is 0 Å². The Labute approximate surface area is 91.3 Å². The molecule has 0 bridgehead atoms. The maximum absolute atomic E-state index is 4.62. The van der Waals surface area contributed by atoms with Gasteiger partial charge in [0.05, 0.1) is 0 Å². The molecule has 1 aromatic heterocycles. The van der Waals surface area contributed by atoms with E-state index in [-0.39, 0.29) is 0 Å². The lowest BCUT2D eigenvalue weighted by Gasteiger charge is -2.07. The largest absolute Gasteiger partial charge is 0.370 e. The minimum absolute atomic E-state index is 0.638. The fourth-order valence-corrected chi connectivity index (χ4v) is 1.70. The molecule has 0 spiro atoms. The number of rotatable bonds is 5. The van der Waals surface area contributed by atoms with Crippen LogP contribution in [0.2, 0.25) is 0 Å². The monoisotopic (exact) mass is 205 g/mol. The summed E-state index contributed by atoms with van der Waals surface area (Å²) in [7, 11) is 0. The molecular weight excluding hydrogens is 186 g/mol. The van der Waals surface area contributed by atoms with Gasteiger partial charge in [-0.3, -0.25) is 0 Å². The first-order valence-electron chi connectivity index (χ1n) is 5.95. The predicted octanol–water partition coefficient (Wildman–Crippen LogP) is 2.74. The molecule has 1 aromatic rings. The van der Waals surface area contributed by atoms with Crippen LogP contribution in [0, 0.1) is 0 Å². The summed E-state index contributed by atoms with van der Waals surface area (Å²) in [6, 6.07) is 2.08.